The fourth-order valence-electron chi connectivity index (χ4n) is 2.15. The Labute approximate surface area is 96.9 Å². The summed E-state index contributed by atoms with van der Waals surface area (Å²) >= 11 is 0. The topological polar surface area (TPSA) is 55.0 Å². The van der Waals surface area contributed by atoms with Crippen molar-refractivity contribution in [2.45, 2.75) is 25.8 Å². The van der Waals surface area contributed by atoms with Crippen molar-refractivity contribution < 1.29 is 0 Å². The molecule has 2 N–H and O–H groups in total. The molecule has 0 bridgehead atoms. The molecule has 0 saturated carbocycles. The monoisotopic (exact) mass is 220 g/mol. The highest BCUT2D eigenvalue weighted by molar-refractivity contribution is 5.03. The Morgan fingerprint density at radius 1 is 1.25 bits per heavy atom. The number of hydrogen-bond donors (Lipinski definition) is 1. The molecule has 1 aliphatic heterocycles. The van der Waals surface area contributed by atoms with Crippen molar-refractivity contribution in [2.24, 2.45) is 11.7 Å². The zero-order valence-electron chi connectivity index (χ0n) is 9.89. The maximum Gasteiger partial charge on any atom is 0.0722 e. The van der Waals surface area contributed by atoms with E-state index in [2.05, 4.69) is 21.9 Å². The molecule has 88 valence electrons. The summed E-state index contributed by atoms with van der Waals surface area (Å²) in [5.41, 5.74) is 7.46. The van der Waals surface area contributed by atoms with E-state index in [4.69, 9.17) is 5.73 Å². The Balaban J connectivity index is 1.88. The minimum Gasteiger partial charge on any atom is -0.325 e. The van der Waals surface area contributed by atoms with Crippen molar-refractivity contribution in [3.8, 4) is 0 Å². The van der Waals surface area contributed by atoms with E-state index >= 15 is 0 Å². The zero-order chi connectivity index (χ0) is 11.4. The van der Waals surface area contributed by atoms with E-state index in [-0.39, 0.29) is 0 Å². The standard InChI is InChI=1S/C12H20N4/c1-16-4-2-10(3-5-16)6-11-8-15-12(7-13)9-14-11/h8-10H,2-7,13H2,1H3. The molecule has 1 fully saturated rings. The maximum atomic E-state index is 5.49. The predicted octanol–water partition coefficient (Wildman–Crippen LogP) is 0.820. The van der Waals surface area contributed by atoms with Gasteiger partial charge in [-0.3, -0.25) is 9.97 Å². The molecule has 0 atom stereocenters. The third kappa shape index (κ3) is 3.00. The van der Waals surface area contributed by atoms with Crippen LogP contribution in [0.25, 0.3) is 0 Å². The normalized spacial score (nSPS) is 18.9. The highest BCUT2D eigenvalue weighted by Crippen LogP contribution is 2.19. The van der Waals surface area contributed by atoms with Crippen molar-refractivity contribution in [2.75, 3.05) is 20.1 Å². The molecule has 2 heterocycles. The molecular formula is C12H20N4. The van der Waals surface area contributed by atoms with E-state index < -0.39 is 0 Å². The summed E-state index contributed by atoms with van der Waals surface area (Å²) in [4.78, 5) is 11.1. The molecule has 4 heteroatoms. The van der Waals surface area contributed by atoms with Crippen LogP contribution < -0.4 is 5.73 Å². The van der Waals surface area contributed by atoms with Gasteiger partial charge in [0.1, 0.15) is 0 Å². The van der Waals surface area contributed by atoms with E-state index in [0.29, 0.717) is 6.54 Å². The number of aromatic nitrogens is 2. The minimum atomic E-state index is 0.474. The van der Waals surface area contributed by atoms with Crippen LogP contribution >= 0.6 is 0 Å². The molecule has 2 rings (SSSR count). The number of likely N-dealkylation sites (tertiary alicyclic amines) is 1. The van der Waals surface area contributed by atoms with Gasteiger partial charge in [-0.2, -0.15) is 0 Å². The van der Waals surface area contributed by atoms with Crippen LogP contribution in [-0.2, 0) is 13.0 Å². The molecule has 4 nitrogen and oxygen atoms in total. The van der Waals surface area contributed by atoms with E-state index in [1.165, 1.54) is 25.9 Å². The van der Waals surface area contributed by atoms with Crippen LogP contribution in [0.15, 0.2) is 12.4 Å². The molecule has 0 amide bonds. The quantitative estimate of drug-likeness (QED) is 0.819. The van der Waals surface area contributed by atoms with Crippen LogP contribution in [0.2, 0.25) is 0 Å². The number of rotatable bonds is 3. The van der Waals surface area contributed by atoms with Crippen LogP contribution in [-0.4, -0.2) is 35.0 Å². The minimum absolute atomic E-state index is 0.474. The summed E-state index contributed by atoms with van der Waals surface area (Å²) < 4.78 is 0. The largest absolute Gasteiger partial charge is 0.325 e. The van der Waals surface area contributed by atoms with E-state index in [0.717, 1.165) is 23.7 Å². The molecule has 1 aromatic rings. The van der Waals surface area contributed by atoms with Gasteiger partial charge in [-0.25, -0.2) is 0 Å². The number of nitrogens with zero attached hydrogens (tertiary/aromatic N) is 3. The second-order valence-corrected chi connectivity index (χ2v) is 4.65. The van der Waals surface area contributed by atoms with Crippen molar-refractivity contribution >= 4 is 0 Å². The highest BCUT2D eigenvalue weighted by Gasteiger charge is 2.17. The Bertz CT molecular complexity index is 314. The Hall–Kier alpha value is -1.00. The first kappa shape index (κ1) is 11.5. The third-order valence-corrected chi connectivity index (χ3v) is 3.30. The van der Waals surface area contributed by atoms with Crippen molar-refractivity contribution in [3.63, 3.8) is 0 Å². The van der Waals surface area contributed by atoms with Gasteiger partial charge >= 0.3 is 0 Å². The van der Waals surface area contributed by atoms with Gasteiger partial charge in [0, 0.05) is 18.9 Å². The molecule has 1 aliphatic rings. The van der Waals surface area contributed by atoms with E-state index in [9.17, 15) is 0 Å². The molecule has 0 aromatic carbocycles. The van der Waals surface area contributed by atoms with Gasteiger partial charge < -0.3 is 10.6 Å². The lowest BCUT2D eigenvalue weighted by atomic mass is 9.92. The predicted molar refractivity (Wildman–Crippen MR) is 63.8 cm³/mol. The summed E-state index contributed by atoms with van der Waals surface area (Å²) in [5.74, 6) is 0.772. The SMILES string of the molecule is CN1CCC(Cc2cnc(CN)cn2)CC1. The Morgan fingerprint density at radius 3 is 2.44 bits per heavy atom. The van der Waals surface area contributed by atoms with Gasteiger partial charge in [0.2, 0.25) is 0 Å². The lowest BCUT2D eigenvalue weighted by Gasteiger charge is -2.28. The van der Waals surface area contributed by atoms with Crippen LogP contribution in [0.1, 0.15) is 24.2 Å². The van der Waals surface area contributed by atoms with Gasteiger partial charge in [0.15, 0.2) is 0 Å². The molecule has 0 spiro atoms. The summed E-state index contributed by atoms with van der Waals surface area (Å²) in [6, 6.07) is 0. The average Bonchev–Trinajstić information content (AvgIpc) is 2.33. The smallest absolute Gasteiger partial charge is 0.0722 e. The Kier molecular flexibility index (Phi) is 3.85. The van der Waals surface area contributed by atoms with Crippen LogP contribution in [0, 0.1) is 5.92 Å². The molecule has 0 aliphatic carbocycles. The first-order valence-electron chi connectivity index (χ1n) is 5.96. The fourth-order valence-corrected chi connectivity index (χ4v) is 2.15. The lowest BCUT2D eigenvalue weighted by Crippen LogP contribution is -2.31. The molecule has 16 heavy (non-hydrogen) atoms. The number of nitrogens with two attached hydrogens (primary N) is 1. The molecule has 1 aromatic heterocycles. The third-order valence-electron chi connectivity index (χ3n) is 3.30. The molecular weight excluding hydrogens is 200 g/mol. The molecule has 0 unspecified atom stereocenters. The summed E-state index contributed by atoms with van der Waals surface area (Å²) in [7, 11) is 2.19. The number of hydrogen-bond acceptors (Lipinski definition) is 4. The van der Waals surface area contributed by atoms with Crippen LogP contribution in [0.5, 0.6) is 0 Å². The zero-order valence-corrected chi connectivity index (χ0v) is 9.89. The van der Waals surface area contributed by atoms with Crippen molar-refractivity contribution in [1.29, 1.82) is 0 Å². The maximum absolute atomic E-state index is 5.49. The van der Waals surface area contributed by atoms with E-state index in [1.54, 1.807) is 6.20 Å². The first-order chi connectivity index (χ1) is 7.78. The van der Waals surface area contributed by atoms with Crippen molar-refractivity contribution in [3.05, 3.63) is 23.8 Å². The number of piperidine rings is 1. The van der Waals surface area contributed by atoms with Crippen molar-refractivity contribution in [1.82, 2.24) is 14.9 Å². The Morgan fingerprint density at radius 2 is 1.88 bits per heavy atom. The lowest BCUT2D eigenvalue weighted by molar-refractivity contribution is 0.218. The first-order valence-corrected chi connectivity index (χ1v) is 5.96. The summed E-state index contributed by atoms with van der Waals surface area (Å²) in [6.07, 6.45) is 7.28. The highest BCUT2D eigenvalue weighted by atomic mass is 15.1. The second-order valence-electron chi connectivity index (χ2n) is 4.65. The summed E-state index contributed by atoms with van der Waals surface area (Å²) in [5, 5.41) is 0. The van der Waals surface area contributed by atoms with Gasteiger partial charge in [-0.15, -0.1) is 0 Å². The van der Waals surface area contributed by atoms with Crippen LogP contribution in [0.3, 0.4) is 0 Å². The second kappa shape index (κ2) is 5.37. The van der Waals surface area contributed by atoms with Gasteiger partial charge in [-0.1, -0.05) is 0 Å². The summed E-state index contributed by atoms with van der Waals surface area (Å²) in [6.45, 7) is 2.89. The van der Waals surface area contributed by atoms with Gasteiger partial charge in [-0.05, 0) is 45.3 Å². The van der Waals surface area contributed by atoms with E-state index in [1.807, 2.05) is 6.20 Å². The molecule has 0 radical (unpaired) electrons. The van der Waals surface area contributed by atoms with Gasteiger partial charge in [0.05, 0.1) is 11.4 Å². The van der Waals surface area contributed by atoms with Crippen LogP contribution in [0.4, 0.5) is 0 Å². The fraction of sp³-hybridized carbons (Fsp3) is 0.667. The van der Waals surface area contributed by atoms with Gasteiger partial charge in [0.25, 0.3) is 0 Å². The average molecular weight is 220 g/mol. The molecule has 1 saturated heterocycles.